The Morgan fingerprint density at radius 2 is 1.68 bits per heavy atom. The molecule has 2 aliphatic heterocycles. The summed E-state index contributed by atoms with van der Waals surface area (Å²) in [5.41, 5.74) is 9.39. The second kappa shape index (κ2) is 12.0. The van der Waals surface area contributed by atoms with Crippen LogP contribution in [0.2, 0.25) is 0 Å². The lowest BCUT2D eigenvalue weighted by Gasteiger charge is -2.28. The first-order valence-corrected chi connectivity index (χ1v) is 13.5. The Hall–Kier alpha value is -4.06. The van der Waals surface area contributed by atoms with E-state index in [1.165, 1.54) is 6.07 Å². The van der Waals surface area contributed by atoms with E-state index in [9.17, 15) is 0 Å². The van der Waals surface area contributed by atoms with Crippen molar-refractivity contribution in [3.8, 4) is 17.0 Å². The van der Waals surface area contributed by atoms with Crippen molar-refractivity contribution in [1.82, 2.24) is 19.9 Å². The Labute approximate surface area is 231 Å². The summed E-state index contributed by atoms with van der Waals surface area (Å²) < 4.78 is 32.0. The molecular formula is C29H32FN7O3. The van der Waals surface area contributed by atoms with Gasteiger partial charge in [-0.1, -0.05) is 0 Å². The van der Waals surface area contributed by atoms with E-state index in [4.69, 9.17) is 19.9 Å². The van der Waals surface area contributed by atoms with Gasteiger partial charge in [-0.15, -0.1) is 0 Å². The fraction of sp³-hybridized carbons (Fsp3) is 0.345. The molecule has 0 saturated carbocycles. The second-order valence-corrected chi connectivity index (χ2v) is 9.70. The summed E-state index contributed by atoms with van der Waals surface area (Å²) in [5, 5.41) is 3.82. The zero-order chi connectivity index (χ0) is 27.3. The van der Waals surface area contributed by atoms with Gasteiger partial charge in [0.05, 0.1) is 32.1 Å². The molecule has 208 valence electrons. The normalized spacial score (nSPS) is 16.3. The molecule has 3 N–H and O–H groups in total. The van der Waals surface area contributed by atoms with E-state index in [1.807, 2.05) is 24.3 Å². The fourth-order valence-corrected chi connectivity index (χ4v) is 4.93. The maximum atomic E-state index is 15.3. The minimum atomic E-state index is -0.450. The van der Waals surface area contributed by atoms with Crippen molar-refractivity contribution >= 4 is 34.0 Å². The number of hydrogen-bond acceptors (Lipinski definition) is 10. The highest BCUT2D eigenvalue weighted by molar-refractivity contribution is 5.97. The average molecular weight is 546 g/mol. The average Bonchev–Trinajstić information content (AvgIpc) is 2.99. The highest BCUT2D eigenvalue weighted by atomic mass is 19.1. The number of hydrogen-bond donors (Lipinski definition) is 2. The highest BCUT2D eigenvalue weighted by Crippen LogP contribution is 2.32. The first-order chi connectivity index (χ1) is 19.6. The van der Waals surface area contributed by atoms with Crippen LogP contribution in [0.15, 0.2) is 54.7 Å². The molecule has 11 heteroatoms. The lowest BCUT2D eigenvalue weighted by molar-refractivity contribution is 0.0322. The predicted octanol–water partition coefficient (Wildman–Crippen LogP) is 3.70. The molecule has 0 radical (unpaired) electrons. The summed E-state index contributed by atoms with van der Waals surface area (Å²) in [6.45, 7) is 7.64. The van der Waals surface area contributed by atoms with Crippen LogP contribution in [-0.2, 0) is 9.47 Å². The summed E-state index contributed by atoms with van der Waals surface area (Å²) in [4.78, 5) is 18.1. The third-order valence-electron chi connectivity index (χ3n) is 7.12. The lowest BCUT2D eigenvalue weighted by Crippen LogP contribution is -2.38. The van der Waals surface area contributed by atoms with Gasteiger partial charge in [0.2, 0.25) is 5.95 Å². The van der Waals surface area contributed by atoms with Crippen LogP contribution in [0.5, 0.6) is 5.75 Å². The quantitative estimate of drug-likeness (QED) is 0.340. The molecule has 0 amide bonds. The predicted molar refractivity (Wildman–Crippen MR) is 153 cm³/mol. The number of nitrogen functional groups attached to an aromatic ring is 1. The van der Waals surface area contributed by atoms with E-state index in [2.05, 4.69) is 30.1 Å². The monoisotopic (exact) mass is 545 g/mol. The van der Waals surface area contributed by atoms with Gasteiger partial charge in [0, 0.05) is 67.3 Å². The van der Waals surface area contributed by atoms with E-state index in [1.54, 1.807) is 24.4 Å². The van der Waals surface area contributed by atoms with Gasteiger partial charge in [0.1, 0.15) is 29.5 Å². The molecule has 4 heterocycles. The molecule has 6 rings (SSSR count). The van der Waals surface area contributed by atoms with E-state index >= 15 is 4.39 Å². The van der Waals surface area contributed by atoms with Crippen LogP contribution >= 0.6 is 0 Å². The number of ether oxygens (including phenoxy) is 3. The number of benzene rings is 2. The first kappa shape index (κ1) is 26.2. The molecule has 0 spiro atoms. The van der Waals surface area contributed by atoms with Gasteiger partial charge in [-0.2, -0.15) is 4.98 Å². The summed E-state index contributed by atoms with van der Waals surface area (Å²) in [7, 11) is 0. The van der Waals surface area contributed by atoms with Crippen molar-refractivity contribution in [2.45, 2.75) is 0 Å². The third-order valence-corrected chi connectivity index (χ3v) is 7.12. The van der Waals surface area contributed by atoms with E-state index < -0.39 is 5.82 Å². The smallest absolute Gasteiger partial charge is 0.229 e. The molecule has 2 aromatic heterocycles. The Morgan fingerprint density at radius 3 is 2.42 bits per heavy atom. The molecule has 40 heavy (non-hydrogen) atoms. The molecule has 0 unspecified atom stereocenters. The van der Waals surface area contributed by atoms with Crippen molar-refractivity contribution in [2.24, 2.45) is 0 Å². The van der Waals surface area contributed by atoms with E-state index in [0.29, 0.717) is 40.5 Å². The lowest BCUT2D eigenvalue weighted by atomic mass is 10.1. The van der Waals surface area contributed by atoms with Gasteiger partial charge in [-0.05, 0) is 42.5 Å². The SMILES string of the molecule is Nc1nc(Nc2ccc(N3CCOCC3)cc2)nc2c(-c3ccc(OCCN4CCOCC4)cc3F)nccc12. The molecule has 2 aromatic carbocycles. The van der Waals surface area contributed by atoms with Crippen LogP contribution in [0.4, 0.5) is 27.5 Å². The number of pyridine rings is 1. The van der Waals surface area contributed by atoms with Crippen molar-refractivity contribution in [3.63, 3.8) is 0 Å². The molecular weight excluding hydrogens is 513 g/mol. The van der Waals surface area contributed by atoms with Gasteiger partial charge >= 0.3 is 0 Å². The highest BCUT2D eigenvalue weighted by Gasteiger charge is 2.17. The number of morpholine rings is 2. The minimum Gasteiger partial charge on any atom is -0.492 e. The Balaban J connectivity index is 1.20. The maximum Gasteiger partial charge on any atom is 0.229 e. The molecule has 4 aromatic rings. The summed E-state index contributed by atoms with van der Waals surface area (Å²) in [6.07, 6.45) is 1.58. The number of nitrogens with zero attached hydrogens (tertiary/aromatic N) is 5. The van der Waals surface area contributed by atoms with Gasteiger partial charge in [0.25, 0.3) is 0 Å². The zero-order valence-corrected chi connectivity index (χ0v) is 22.2. The number of fused-ring (bicyclic) bond motifs is 1. The van der Waals surface area contributed by atoms with Crippen LogP contribution in [0.3, 0.4) is 0 Å². The number of nitrogens with two attached hydrogens (primary N) is 1. The molecule has 0 atom stereocenters. The molecule has 2 fully saturated rings. The summed E-state index contributed by atoms with van der Waals surface area (Å²) in [6, 6.07) is 14.6. The van der Waals surface area contributed by atoms with Crippen LogP contribution in [0.1, 0.15) is 0 Å². The second-order valence-electron chi connectivity index (χ2n) is 9.70. The molecule has 0 aliphatic carbocycles. The standard InChI is InChI=1S/C29H32FN7O3/c30-25-19-22(40-18-11-36-9-14-38-15-10-36)5-6-23(25)26-27-24(7-8-32-26)28(31)35-29(34-27)33-20-1-3-21(4-2-20)37-12-16-39-17-13-37/h1-8,19H,9-18H2,(H3,31,33,34,35). The molecule has 0 bridgehead atoms. The van der Waals surface area contributed by atoms with Gasteiger partial charge in [-0.3, -0.25) is 9.88 Å². The summed E-state index contributed by atoms with van der Waals surface area (Å²) in [5.74, 6) is 0.604. The summed E-state index contributed by atoms with van der Waals surface area (Å²) >= 11 is 0. The van der Waals surface area contributed by atoms with Crippen molar-refractivity contribution in [2.75, 3.05) is 81.7 Å². The first-order valence-electron chi connectivity index (χ1n) is 13.5. The van der Waals surface area contributed by atoms with E-state index in [-0.39, 0.29) is 5.82 Å². The number of rotatable bonds is 8. The Bertz CT molecular complexity index is 1460. The largest absolute Gasteiger partial charge is 0.492 e. The number of aromatic nitrogens is 3. The molecule has 2 saturated heterocycles. The topological polar surface area (TPSA) is 111 Å². The van der Waals surface area contributed by atoms with Crippen molar-refractivity contribution in [1.29, 1.82) is 0 Å². The fourth-order valence-electron chi connectivity index (χ4n) is 4.93. The number of anilines is 4. The van der Waals surface area contributed by atoms with E-state index in [0.717, 1.165) is 70.5 Å². The third kappa shape index (κ3) is 5.91. The van der Waals surface area contributed by atoms with Gasteiger partial charge in [0.15, 0.2) is 0 Å². The maximum absolute atomic E-state index is 15.3. The Kier molecular flexibility index (Phi) is 7.85. The van der Waals surface area contributed by atoms with Crippen molar-refractivity contribution < 1.29 is 18.6 Å². The van der Waals surface area contributed by atoms with Crippen LogP contribution in [0, 0.1) is 5.82 Å². The van der Waals surface area contributed by atoms with Gasteiger partial charge in [-0.25, -0.2) is 9.37 Å². The van der Waals surface area contributed by atoms with Crippen LogP contribution < -0.4 is 20.7 Å². The zero-order valence-electron chi connectivity index (χ0n) is 22.2. The van der Waals surface area contributed by atoms with Gasteiger partial charge < -0.3 is 30.2 Å². The number of halogens is 1. The minimum absolute atomic E-state index is 0.282. The van der Waals surface area contributed by atoms with Crippen molar-refractivity contribution in [3.05, 3.63) is 60.5 Å². The Morgan fingerprint density at radius 1 is 0.925 bits per heavy atom. The van der Waals surface area contributed by atoms with Crippen LogP contribution in [-0.4, -0.2) is 85.6 Å². The molecule has 2 aliphatic rings. The molecule has 10 nitrogen and oxygen atoms in total. The number of nitrogens with one attached hydrogen (secondary N) is 1. The van der Waals surface area contributed by atoms with Crippen LogP contribution in [0.25, 0.3) is 22.2 Å².